The normalized spacial score (nSPS) is 12.1. The molecule has 2 heterocycles. The van der Waals surface area contributed by atoms with E-state index in [-0.39, 0.29) is 5.97 Å². The third-order valence-corrected chi connectivity index (χ3v) is 6.73. The van der Waals surface area contributed by atoms with Gasteiger partial charge < -0.3 is 14.2 Å². The molecule has 0 spiro atoms. The third-order valence-electron chi connectivity index (χ3n) is 6.39. The van der Waals surface area contributed by atoms with Gasteiger partial charge in [-0.3, -0.25) is 0 Å². The van der Waals surface area contributed by atoms with Crippen LogP contribution in [0.2, 0.25) is 5.02 Å². The number of aryl methyl sites for hydroxylation is 3. The van der Waals surface area contributed by atoms with Gasteiger partial charge in [0.2, 0.25) is 0 Å². The van der Waals surface area contributed by atoms with Crippen LogP contribution in [0.15, 0.2) is 54.6 Å². The van der Waals surface area contributed by atoms with E-state index in [9.17, 15) is 4.79 Å². The Hall–Kier alpha value is -3.38. The van der Waals surface area contributed by atoms with Crippen molar-refractivity contribution in [3.8, 4) is 0 Å². The fraction of sp³-hybridized carbons (Fsp3) is 0.345. The summed E-state index contributed by atoms with van der Waals surface area (Å²) < 4.78 is 7.64. The molecule has 0 fully saturated rings. The van der Waals surface area contributed by atoms with Gasteiger partial charge >= 0.3 is 5.97 Å². The Balaban J connectivity index is 1.68. The van der Waals surface area contributed by atoms with Crippen LogP contribution in [0.4, 0.5) is 5.69 Å². The van der Waals surface area contributed by atoms with Crippen molar-refractivity contribution in [2.45, 2.75) is 53.6 Å². The molecule has 1 atom stereocenters. The molecule has 0 bridgehead atoms. The van der Waals surface area contributed by atoms with Gasteiger partial charge in [-0.15, -0.1) is 0 Å². The molecule has 6 nitrogen and oxygen atoms in total. The Labute approximate surface area is 217 Å². The summed E-state index contributed by atoms with van der Waals surface area (Å²) in [5, 5.41) is 0.544. The lowest BCUT2D eigenvalue weighted by atomic mass is 10.0. The number of aromatic nitrogens is 3. The summed E-state index contributed by atoms with van der Waals surface area (Å²) in [7, 11) is 0. The van der Waals surface area contributed by atoms with Crippen molar-refractivity contribution >= 4 is 34.4 Å². The number of fused-ring (bicyclic) bond motifs is 1. The van der Waals surface area contributed by atoms with E-state index in [2.05, 4.69) is 48.7 Å². The van der Waals surface area contributed by atoms with Crippen molar-refractivity contribution < 1.29 is 9.53 Å². The SMILES string of the molecule is CCOC(=O)C(c1ccccc1Cl)N(CC)c1ccc(Cn2c(CC)nc3c(C)cc(C)nc32)cc1. The number of anilines is 1. The highest BCUT2D eigenvalue weighted by Crippen LogP contribution is 2.33. The maximum Gasteiger partial charge on any atom is 0.333 e. The predicted molar refractivity (Wildman–Crippen MR) is 146 cm³/mol. The average Bonchev–Trinajstić information content (AvgIpc) is 3.21. The number of carbonyl (C=O) groups is 1. The van der Waals surface area contributed by atoms with Gasteiger partial charge in [0, 0.05) is 34.9 Å². The number of rotatable bonds is 9. The molecule has 0 amide bonds. The monoisotopic (exact) mass is 504 g/mol. The van der Waals surface area contributed by atoms with Gasteiger partial charge in [0.05, 0.1) is 13.2 Å². The quantitative estimate of drug-likeness (QED) is 0.245. The summed E-state index contributed by atoms with van der Waals surface area (Å²) in [4.78, 5) is 24.7. The van der Waals surface area contributed by atoms with Crippen LogP contribution in [-0.4, -0.2) is 33.7 Å². The fourth-order valence-electron chi connectivity index (χ4n) is 4.71. The highest BCUT2D eigenvalue weighted by molar-refractivity contribution is 6.31. The fourth-order valence-corrected chi connectivity index (χ4v) is 4.95. The van der Waals surface area contributed by atoms with E-state index in [1.807, 2.05) is 43.9 Å². The molecular formula is C29H33ClN4O2. The average molecular weight is 505 g/mol. The van der Waals surface area contributed by atoms with Crippen LogP contribution in [0.5, 0.6) is 0 Å². The highest BCUT2D eigenvalue weighted by atomic mass is 35.5. The number of nitrogens with zero attached hydrogens (tertiary/aromatic N) is 4. The van der Waals surface area contributed by atoms with Gasteiger partial charge in [0.15, 0.2) is 11.7 Å². The van der Waals surface area contributed by atoms with Crippen LogP contribution in [0.3, 0.4) is 0 Å². The van der Waals surface area contributed by atoms with Crippen molar-refractivity contribution in [3.05, 3.63) is 87.8 Å². The molecule has 4 rings (SSSR count). The van der Waals surface area contributed by atoms with Crippen molar-refractivity contribution in [2.24, 2.45) is 0 Å². The van der Waals surface area contributed by atoms with Gasteiger partial charge in [-0.1, -0.05) is 48.9 Å². The lowest BCUT2D eigenvalue weighted by Crippen LogP contribution is -2.35. The number of halogens is 1. The lowest BCUT2D eigenvalue weighted by molar-refractivity contribution is -0.145. The largest absolute Gasteiger partial charge is 0.464 e. The first kappa shape index (κ1) is 25.7. The van der Waals surface area contributed by atoms with E-state index in [0.717, 1.165) is 51.5 Å². The molecule has 2 aromatic heterocycles. The Bertz CT molecular complexity index is 1360. The van der Waals surface area contributed by atoms with E-state index in [1.165, 1.54) is 0 Å². The predicted octanol–water partition coefficient (Wildman–Crippen LogP) is 6.44. The summed E-state index contributed by atoms with van der Waals surface area (Å²) >= 11 is 6.51. The number of imidazole rings is 1. The minimum absolute atomic E-state index is 0.307. The van der Waals surface area contributed by atoms with Crippen molar-refractivity contribution in [2.75, 3.05) is 18.1 Å². The van der Waals surface area contributed by atoms with E-state index in [0.29, 0.717) is 24.7 Å². The first-order chi connectivity index (χ1) is 17.4. The maximum atomic E-state index is 13.1. The number of benzene rings is 2. The number of likely N-dealkylation sites (N-methyl/N-ethyl adjacent to an activating group) is 1. The summed E-state index contributed by atoms with van der Waals surface area (Å²) in [6.07, 6.45) is 0.829. The van der Waals surface area contributed by atoms with Crippen molar-refractivity contribution in [1.82, 2.24) is 14.5 Å². The number of hydrogen-bond acceptors (Lipinski definition) is 5. The number of esters is 1. The first-order valence-corrected chi connectivity index (χ1v) is 12.9. The highest BCUT2D eigenvalue weighted by Gasteiger charge is 2.30. The Morgan fingerprint density at radius 1 is 1.06 bits per heavy atom. The second-order valence-electron chi connectivity index (χ2n) is 8.85. The number of ether oxygens (including phenoxy) is 1. The molecule has 1 unspecified atom stereocenters. The number of pyridine rings is 1. The summed E-state index contributed by atoms with van der Waals surface area (Å²) in [6.45, 7) is 11.7. The van der Waals surface area contributed by atoms with E-state index < -0.39 is 6.04 Å². The maximum absolute atomic E-state index is 13.1. The summed E-state index contributed by atoms with van der Waals surface area (Å²) in [5.41, 5.74) is 6.81. The van der Waals surface area contributed by atoms with Crippen LogP contribution in [0.25, 0.3) is 11.2 Å². The van der Waals surface area contributed by atoms with Crippen LogP contribution >= 0.6 is 11.6 Å². The van der Waals surface area contributed by atoms with Crippen LogP contribution < -0.4 is 4.90 Å². The molecule has 0 N–H and O–H groups in total. The molecule has 0 saturated heterocycles. The molecule has 0 radical (unpaired) electrons. The first-order valence-electron chi connectivity index (χ1n) is 12.5. The zero-order chi connectivity index (χ0) is 25.8. The zero-order valence-electron chi connectivity index (χ0n) is 21.6. The summed E-state index contributed by atoms with van der Waals surface area (Å²) in [6, 6.07) is 17.2. The second kappa shape index (κ2) is 11.1. The summed E-state index contributed by atoms with van der Waals surface area (Å²) in [5.74, 6) is 0.706. The minimum Gasteiger partial charge on any atom is -0.464 e. The molecule has 0 saturated carbocycles. The van der Waals surface area contributed by atoms with Crippen molar-refractivity contribution in [1.29, 1.82) is 0 Å². The third kappa shape index (κ3) is 5.09. The van der Waals surface area contributed by atoms with Gasteiger partial charge in [-0.05, 0) is 63.1 Å². The number of hydrogen-bond donors (Lipinski definition) is 0. The number of carbonyl (C=O) groups excluding carboxylic acids is 1. The zero-order valence-corrected chi connectivity index (χ0v) is 22.3. The smallest absolute Gasteiger partial charge is 0.333 e. The molecular weight excluding hydrogens is 472 g/mol. The van der Waals surface area contributed by atoms with Crippen LogP contribution in [-0.2, 0) is 22.5 Å². The van der Waals surface area contributed by atoms with Gasteiger partial charge in [0.1, 0.15) is 11.3 Å². The molecule has 0 aliphatic rings. The second-order valence-corrected chi connectivity index (χ2v) is 9.26. The van der Waals surface area contributed by atoms with Gasteiger partial charge in [0.25, 0.3) is 0 Å². The Kier molecular flexibility index (Phi) is 7.94. The van der Waals surface area contributed by atoms with E-state index >= 15 is 0 Å². The van der Waals surface area contributed by atoms with E-state index in [1.54, 1.807) is 6.07 Å². The minimum atomic E-state index is -0.631. The topological polar surface area (TPSA) is 60.2 Å². The van der Waals surface area contributed by atoms with Gasteiger partial charge in [-0.25, -0.2) is 14.8 Å². The molecule has 2 aromatic carbocycles. The van der Waals surface area contributed by atoms with Crippen LogP contribution in [0.1, 0.15) is 55.0 Å². The van der Waals surface area contributed by atoms with Crippen LogP contribution in [0, 0.1) is 13.8 Å². The Morgan fingerprint density at radius 3 is 2.42 bits per heavy atom. The van der Waals surface area contributed by atoms with Gasteiger partial charge in [-0.2, -0.15) is 0 Å². The molecule has 188 valence electrons. The standard InChI is InChI=1S/C29H33ClN4O2/c1-6-25-32-26-19(4)17-20(5)31-28(26)34(25)18-21-13-15-22(16-14-21)33(7-2)27(29(35)36-8-3)23-11-9-10-12-24(23)30/h9-17,27H,6-8,18H2,1-5H3. The van der Waals surface area contributed by atoms with E-state index in [4.69, 9.17) is 26.3 Å². The molecule has 4 aromatic rings. The molecule has 36 heavy (non-hydrogen) atoms. The van der Waals surface area contributed by atoms with Crippen molar-refractivity contribution in [3.63, 3.8) is 0 Å². The molecule has 7 heteroatoms. The Morgan fingerprint density at radius 2 is 1.78 bits per heavy atom. The molecule has 0 aliphatic heterocycles. The molecule has 0 aliphatic carbocycles. The lowest BCUT2D eigenvalue weighted by Gasteiger charge is -2.32.